The number of ether oxygens (including phenoxy) is 1. The number of benzene rings is 2. The highest BCUT2D eigenvalue weighted by molar-refractivity contribution is 5.56. The summed E-state index contributed by atoms with van der Waals surface area (Å²) >= 11 is 0. The maximum atomic E-state index is 5.84. The first-order chi connectivity index (χ1) is 8.83. The quantitative estimate of drug-likeness (QED) is 0.779. The zero-order valence-corrected chi connectivity index (χ0v) is 10.2. The maximum absolute atomic E-state index is 5.84. The van der Waals surface area contributed by atoms with E-state index in [0.29, 0.717) is 6.61 Å². The zero-order chi connectivity index (χ0) is 12.4. The molecule has 0 bridgehead atoms. The maximum Gasteiger partial charge on any atom is 0.124 e. The average molecular weight is 240 g/mol. The summed E-state index contributed by atoms with van der Waals surface area (Å²) in [6.07, 6.45) is 0. The molecule has 0 aliphatic carbocycles. The van der Waals surface area contributed by atoms with E-state index in [-0.39, 0.29) is 0 Å². The number of rotatable bonds is 1. The Balaban J connectivity index is 1.91. The monoisotopic (exact) mass is 240 g/mol. The van der Waals surface area contributed by atoms with Crippen LogP contribution in [0.25, 0.3) is 0 Å². The van der Waals surface area contributed by atoms with Crippen LogP contribution >= 0.6 is 0 Å². The van der Waals surface area contributed by atoms with Gasteiger partial charge in [0.05, 0.1) is 6.54 Å². The Labute approximate surface area is 107 Å². The fourth-order valence-corrected chi connectivity index (χ4v) is 2.27. The molecule has 0 atom stereocenters. The summed E-state index contributed by atoms with van der Waals surface area (Å²) in [5, 5.41) is 0. The third-order valence-corrected chi connectivity index (χ3v) is 3.19. The van der Waals surface area contributed by atoms with Crippen molar-refractivity contribution in [2.24, 2.45) is 0 Å². The standard InChI is InChI=1S/C15H16N2O/c16-13-5-3-6-14(10-13)17-8-9-18-15-7-2-1-4-12(15)11-17/h1-7,10H,8-9,11,16H2. The van der Waals surface area contributed by atoms with Gasteiger partial charge >= 0.3 is 0 Å². The lowest BCUT2D eigenvalue weighted by Crippen LogP contribution is -2.25. The van der Waals surface area contributed by atoms with E-state index >= 15 is 0 Å². The second kappa shape index (κ2) is 4.61. The highest BCUT2D eigenvalue weighted by atomic mass is 16.5. The van der Waals surface area contributed by atoms with Gasteiger partial charge in [-0.2, -0.15) is 0 Å². The van der Waals surface area contributed by atoms with Crippen LogP contribution in [0.1, 0.15) is 5.56 Å². The Morgan fingerprint density at radius 3 is 2.83 bits per heavy atom. The van der Waals surface area contributed by atoms with Crippen molar-refractivity contribution in [3.05, 3.63) is 54.1 Å². The number of nitrogens with two attached hydrogens (primary N) is 1. The Bertz CT molecular complexity index is 554. The zero-order valence-electron chi connectivity index (χ0n) is 10.2. The van der Waals surface area contributed by atoms with E-state index in [1.165, 1.54) is 5.56 Å². The van der Waals surface area contributed by atoms with Gasteiger partial charge in [0, 0.05) is 23.5 Å². The van der Waals surface area contributed by atoms with Crippen molar-refractivity contribution >= 4 is 11.4 Å². The third-order valence-electron chi connectivity index (χ3n) is 3.19. The van der Waals surface area contributed by atoms with Gasteiger partial charge in [-0.05, 0) is 24.3 Å². The van der Waals surface area contributed by atoms with Crippen molar-refractivity contribution in [3.63, 3.8) is 0 Å². The minimum absolute atomic E-state index is 0.700. The molecule has 3 rings (SSSR count). The molecule has 1 aliphatic heterocycles. The van der Waals surface area contributed by atoms with Gasteiger partial charge in [0.15, 0.2) is 0 Å². The van der Waals surface area contributed by atoms with Crippen molar-refractivity contribution in [2.45, 2.75) is 6.54 Å². The number of anilines is 2. The molecule has 0 amide bonds. The molecule has 1 heterocycles. The minimum atomic E-state index is 0.700. The smallest absolute Gasteiger partial charge is 0.124 e. The molecule has 2 aromatic rings. The molecule has 3 heteroatoms. The van der Waals surface area contributed by atoms with Gasteiger partial charge < -0.3 is 15.4 Å². The van der Waals surface area contributed by atoms with Crippen molar-refractivity contribution in [3.8, 4) is 5.75 Å². The molecule has 0 radical (unpaired) electrons. The summed E-state index contributed by atoms with van der Waals surface area (Å²) in [6, 6.07) is 16.2. The lowest BCUT2D eigenvalue weighted by atomic mass is 10.2. The molecule has 92 valence electrons. The van der Waals surface area contributed by atoms with Gasteiger partial charge in [0.1, 0.15) is 12.4 Å². The van der Waals surface area contributed by atoms with E-state index < -0.39 is 0 Å². The summed E-state index contributed by atoms with van der Waals surface area (Å²) in [5.41, 5.74) is 9.01. The lowest BCUT2D eigenvalue weighted by molar-refractivity contribution is 0.331. The molecule has 3 nitrogen and oxygen atoms in total. The summed E-state index contributed by atoms with van der Waals surface area (Å²) in [5.74, 6) is 0.990. The molecule has 0 saturated carbocycles. The van der Waals surface area contributed by atoms with Crippen LogP contribution in [0.2, 0.25) is 0 Å². The van der Waals surface area contributed by atoms with Crippen molar-refractivity contribution in [1.29, 1.82) is 0 Å². The molecule has 2 aromatic carbocycles. The number of hydrogen-bond donors (Lipinski definition) is 1. The fraction of sp³-hybridized carbons (Fsp3) is 0.200. The molecule has 18 heavy (non-hydrogen) atoms. The van der Waals surface area contributed by atoms with Crippen molar-refractivity contribution in [2.75, 3.05) is 23.8 Å². The molecular formula is C15H16N2O. The van der Waals surface area contributed by atoms with Crippen LogP contribution in [0.3, 0.4) is 0 Å². The minimum Gasteiger partial charge on any atom is -0.491 e. The molecule has 0 unspecified atom stereocenters. The van der Waals surface area contributed by atoms with Gasteiger partial charge in [-0.15, -0.1) is 0 Å². The van der Waals surface area contributed by atoms with Gasteiger partial charge in [0.2, 0.25) is 0 Å². The molecule has 0 aromatic heterocycles. The number of nitrogen functional groups attached to an aromatic ring is 1. The van der Waals surface area contributed by atoms with Crippen LogP contribution in [-0.2, 0) is 6.54 Å². The number of hydrogen-bond acceptors (Lipinski definition) is 3. The van der Waals surface area contributed by atoms with Crippen LogP contribution in [0.5, 0.6) is 5.75 Å². The molecule has 0 fully saturated rings. The summed E-state index contributed by atoms with van der Waals surface area (Å²) in [7, 11) is 0. The van der Waals surface area contributed by atoms with E-state index in [9.17, 15) is 0 Å². The second-order valence-electron chi connectivity index (χ2n) is 4.47. The first-order valence-electron chi connectivity index (χ1n) is 6.14. The highest BCUT2D eigenvalue weighted by Gasteiger charge is 2.15. The fourth-order valence-electron chi connectivity index (χ4n) is 2.27. The Kier molecular flexibility index (Phi) is 2.81. The largest absolute Gasteiger partial charge is 0.491 e. The van der Waals surface area contributed by atoms with E-state index in [2.05, 4.69) is 17.0 Å². The van der Waals surface area contributed by atoms with E-state index in [4.69, 9.17) is 10.5 Å². The summed E-state index contributed by atoms with van der Waals surface area (Å²) in [4.78, 5) is 2.29. The van der Waals surface area contributed by atoms with Gasteiger partial charge in [-0.3, -0.25) is 0 Å². The number of nitrogens with zero attached hydrogens (tertiary/aromatic N) is 1. The lowest BCUT2D eigenvalue weighted by Gasteiger charge is -2.22. The summed E-state index contributed by atoms with van der Waals surface area (Å²) in [6.45, 7) is 2.43. The molecule has 1 aliphatic rings. The molecular weight excluding hydrogens is 224 g/mol. The Morgan fingerprint density at radius 1 is 1.06 bits per heavy atom. The van der Waals surface area contributed by atoms with E-state index in [1.807, 2.05) is 36.4 Å². The molecule has 0 saturated heterocycles. The summed E-state index contributed by atoms with van der Waals surface area (Å²) < 4.78 is 5.76. The number of para-hydroxylation sites is 1. The van der Waals surface area contributed by atoms with Crippen molar-refractivity contribution in [1.82, 2.24) is 0 Å². The van der Waals surface area contributed by atoms with Crippen LogP contribution < -0.4 is 15.4 Å². The van der Waals surface area contributed by atoms with Gasteiger partial charge in [-0.25, -0.2) is 0 Å². The van der Waals surface area contributed by atoms with Crippen LogP contribution in [0, 0.1) is 0 Å². The molecule has 0 spiro atoms. The van der Waals surface area contributed by atoms with Gasteiger partial charge in [0.25, 0.3) is 0 Å². The SMILES string of the molecule is Nc1cccc(N2CCOc3ccccc3C2)c1. The normalized spacial score (nSPS) is 14.6. The Morgan fingerprint density at radius 2 is 1.94 bits per heavy atom. The topological polar surface area (TPSA) is 38.5 Å². The van der Waals surface area contributed by atoms with Crippen LogP contribution in [-0.4, -0.2) is 13.2 Å². The van der Waals surface area contributed by atoms with Gasteiger partial charge in [-0.1, -0.05) is 24.3 Å². The Hall–Kier alpha value is -2.16. The van der Waals surface area contributed by atoms with Crippen LogP contribution in [0.15, 0.2) is 48.5 Å². The van der Waals surface area contributed by atoms with Crippen molar-refractivity contribution < 1.29 is 4.74 Å². The molecule has 2 N–H and O–H groups in total. The van der Waals surface area contributed by atoms with E-state index in [1.54, 1.807) is 0 Å². The first kappa shape index (κ1) is 11.0. The number of fused-ring (bicyclic) bond motifs is 1. The second-order valence-corrected chi connectivity index (χ2v) is 4.47. The predicted octanol–water partition coefficient (Wildman–Crippen LogP) is 2.67. The predicted molar refractivity (Wildman–Crippen MR) is 73.8 cm³/mol. The third kappa shape index (κ3) is 2.12. The average Bonchev–Trinajstić information content (AvgIpc) is 2.60. The van der Waals surface area contributed by atoms with Crippen LogP contribution in [0.4, 0.5) is 11.4 Å². The highest BCUT2D eigenvalue weighted by Crippen LogP contribution is 2.26. The van der Waals surface area contributed by atoms with E-state index in [0.717, 1.165) is 30.2 Å². The first-order valence-corrected chi connectivity index (χ1v) is 6.14.